The number of carbonyl (C=O) groups is 2. The molecule has 0 saturated carbocycles. The highest BCUT2D eigenvalue weighted by atomic mass is 32.1. The van der Waals surface area contributed by atoms with Crippen molar-refractivity contribution in [1.82, 2.24) is 5.32 Å². The molecule has 2 amide bonds. The van der Waals surface area contributed by atoms with Gasteiger partial charge in [-0.1, -0.05) is 27.7 Å². The number of thiophene rings is 1. The fourth-order valence-electron chi connectivity index (χ4n) is 2.37. The van der Waals surface area contributed by atoms with Gasteiger partial charge >= 0.3 is 0 Å². The second-order valence-corrected chi connectivity index (χ2v) is 6.70. The Kier molecular flexibility index (Phi) is 3.67. The first-order chi connectivity index (χ1) is 8.86. The van der Waals surface area contributed by atoms with E-state index in [0.29, 0.717) is 6.42 Å². The van der Waals surface area contributed by atoms with Crippen molar-refractivity contribution in [2.75, 3.05) is 4.90 Å². The summed E-state index contributed by atoms with van der Waals surface area (Å²) in [5, 5.41) is 6.71. The number of nitrogens with zero attached hydrogens (tertiary/aromatic N) is 1. The second-order valence-electron chi connectivity index (χ2n) is 5.92. The Morgan fingerprint density at radius 2 is 2.05 bits per heavy atom. The molecule has 0 spiro atoms. The van der Waals surface area contributed by atoms with Gasteiger partial charge in [-0.25, -0.2) is 0 Å². The lowest BCUT2D eigenvalue weighted by atomic mass is 9.83. The molecule has 2 atom stereocenters. The molecule has 2 heterocycles. The van der Waals surface area contributed by atoms with E-state index in [1.54, 1.807) is 4.90 Å². The maximum atomic E-state index is 12.7. The smallest absolute Gasteiger partial charge is 0.250 e. The van der Waals surface area contributed by atoms with Crippen LogP contribution >= 0.6 is 11.3 Å². The molecular formula is C14H20N2O2S. The predicted octanol–water partition coefficient (Wildman–Crippen LogP) is 2.40. The van der Waals surface area contributed by atoms with Crippen molar-refractivity contribution in [3.63, 3.8) is 0 Å². The fourth-order valence-corrected chi connectivity index (χ4v) is 2.99. The second kappa shape index (κ2) is 4.96. The summed E-state index contributed by atoms with van der Waals surface area (Å²) in [4.78, 5) is 26.6. The topological polar surface area (TPSA) is 49.4 Å². The molecule has 5 heteroatoms. The molecule has 1 aliphatic heterocycles. The minimum atomic E-state index is -0.470. The predicted molar refractivity (Wildman–Crippen MR) is 77.3 cm³/mol. The summed E-state index contributed by atoms with van der Waals surface area (Å²) < 4.78 is 0. The van der Waals surface area contributed by atoms with Crippen molar-refractivity contribution in [2.24, 2.45) is 5.41 Å². The lowest BCUT2D eigenvalue weighted by molar-refractivity contribution is -0.136. The van der Waals surface area contributed by atoms with Crippen molar-refractivity contribution in [3.05, 3.63) is 16.8 Å². The quantitative estimate of drug-likeness (QED) is 0.904. The van der Waals surface area contributed by atoms with Crippen LogP contribution in [0.4, 0.5) is 5.69 Å². The van der Waals surface area contributed by atoms with Crippen LogP contribution < -0.4 is 10.2 Å². The standard InChI is InChI=1S/C14H20N2O2S/c1-5-10-12(17)15-11(14(2,3)4)13(18)16(10)9-6-7-19-8-9/h6-8,10-11H,5H2,1-4H3,(H,15,17). The molecular weight excluding hydrogens is 260 g/mol. The summed E-state index contributed by atoms with van der Waals surface area (Å²) in [6.45, 7) is 7.82. The number of hydrogen-bond donors (Lipinski definition) is 1. The van der Waals surface area contributed by atoms with E-state index in [1.165, 1.54) is 11.3 Å². The van der Waals surface area contributed by atoms with Gasteiger partial charge < -0.3 is 5.32 Å². The van der Waals surface area contributed by atoms with Gasteiger partial charge in [0.05, 0.1) is 5.69 Å². The van der Waals surface area contributed by atoms with E-state index in [1.807, 2.05) is 44.5 Å². The van der Waals surface area contributed by atoms with E-state index < -0.39 is 12.1 Å². The average Bonchev–Trinajstić information content (AvgIpc) is 2.82. The van der Waals surface area contributed by atoms with Crippen LogP contribution in [0.5, 0.6) is 0 Å². The maximum Gasteiger partial charge on any atom is 0.250 e. The molecule has 1 fully saturated rings. The van der Waals surface area contributed by atoms with Crippen LogP contribution in [0.3, 0.4) is 0 Å². The van der Waals surface area contributed by atoms with Crippen molar-refractivity contribution in [1.29, 1.82) is 0 Å². The van der Waals surface area contributed by atoms with Crippen molar-refractivity contribution >= 4 is 28.8 Å². The van der Waals surface area contributed by atoms with Crippen LogP contribution in [0.25, 0.3) is 0 Å². The number of nitrogens with one attached hydrogen (secondary N) is 1. The van der Waals surface area contributed by atoms with Crippen molar-refractivity contribution in [3.8, 4) is 0 Å². The largest absolute Gasteiger partial charge is 0.342 e. The molecule has 0 aromatic carbocycles. The third-order valence-electron chi connectivity index (χ3n) is 3.42. The van der Waals surface area contributed by atoms with Crippen LogP contribution in [0.2, 0.25) is 0 Å². The summed E-state index contributed by atoms with van der Waals surface area (Å²) in [6.07, 6.45) is 0.615. The Labute approximate surface area is 117 Å². The molecule has 0 bridgehead atoms. The van der Waals surface area contributed by atoms with Crippen LogP contribution in [0.1, 0.15) is 34.1 Å². The molecule has 2 unspecified atom stereocenters. The van der Waals surface area contributed by atoms with Gasteiger partial charge in [0.2, 0.25) is 5.91 Å². The third kappa shape index (κ3) is 2.52. The van der Waals surface area contributed by atoms with Gasteiger partial charge in [-0.05, 0) is 23.3 Å². The number of amides is 2. The number of carbonyl (C=O) groups excluding carboxylic acids is 2. The molecule has 4 nitrogen and oxygen atoms in total. The van der Waals surface area contributed by atoms with Gasteiger partial charge in [-0.3, -0.25) is 14.5 Å². The molecule has 19 heavy (non-hydrogen) atoms. The van der Waals surface area contributed by atoms with Crippen LogP contribution in [0, 0.1) is 5.41 Å². The van der Waals surface area contributed by atoms with Gasteiger partial charge in [0.25, 0.3) is 5.91 Å². The van der Waals surface area contributed by atoms with E-state index in [-0.39, 0.29) is 17.2 Å². The van der Waals surface area contributed by atoms with Crippen LogP contribution in [-0.2, 0) is 9.59 Å². The minimum absolute atomic E-state index is 0.0163. The third-order valence-corrected chi connectivity index (χ3v) is 4.09. The molecule has 0 radical (unpaired) electrons. The Hall–Kier alpha value is -1.36. The first-order valence-corrected chi connectivity index (χ1v) is 7.46. The molecule has 0 aliphatic carbocycles. The Bertz CT molecular complexity index is 476. The van der Waals surface area contributed by atoms with Crippen LogP contribution in [-0.4, -0.2) is 23.9 Å². The maximum absolute atomic E-state index is 12.7. The van der Waals surface area contributed by atoms with Gasteiger partial charge in [-0.2, -0.15) is 11.3 Å². The summed E-state index contributed by atoms with van der Waals surface area (Å²) in [7, 11) is 0. The normalized spacial score (nSPS) is 24.5. The highest BCUT2D eigenvalue weighted by Crippen LogP contribution is 2.30. The van der Waals surface area contributed by atoms with Gasteiger partial charge in [0.15, 0.2) is 0 Å². The van der Waals surface area contributed by atoms with E-state index >= 15 is 0 Å². The monoisotopic (exact) mass is 280 g/mol. The Morgan fingerprint density at radius 3 is 2.53 bits per heavy atom. The first-order valence-electron chi connectivity index (χ1n) is 6.52. The molecule has 104 valence electrons. The van der Waals surface area contributed by atoms with E-state index in [9.17, 15) is 9.59 Å². The summed E-state index contributed by atoms with van der Waals surface area (Å²) in [5.74, 6) is -0.0782. The van der Waals surface area contributed by atoms with Crippen LogP contribution in [0.15, 0.2) is 16.8 Å². The van der Waals surface area contributed by atoms with Gasteiger partial charge in [-0.15, -0.1) is 0 Å². The molecule has 1 aromatic rings. The zero-order chi connectivity index (χ0) is 14.2. The Balaban J connectivity index is 2.41. The highest BCUT2D eigenvalue weighted by molar-refractivity contribution is 7.08. The average molecular weight is 280 g/mol. The zero-order valence-electron chi connectivity index (χ0n) is 11.8. The van der Waals surface area contributed by atoms with Gasteiger partial charge in [0, 0.05) is 5.38 Å². The first kappa shape index (κ1) is 14.1. The SMILES string of the molecule is CCC1C(=O)NC(C(C)(C)C)C(=O)N1c1ccsc1. The molecule has 1 aromatic heterocycles. The number of anilines is 1. The van der Waals surface area contributed by atoms with E-state index in [0.717, 1.165) is 5.69 Å². The van der Waals surface area contributed by atoms with E-state index in [4.69, 9.17) is 0 Å². The van der Waals surface area contributed by atoms with Crippen molar-refractivity contribution < 1.29 is 9.59 Å². The van der Waals surface area contributed by atoms with Gasteiger partial charge in [0.1, 0.15) is 12.1 Å². The minimum Gasteiger partial charge on any atom is -0.342 e. The van der Waals surface area contributed by atoms with Crippen molar-refractivity contribution in [2.45, 2.75) is 46.2 Å². The summed E-state index contributed by atoms with van der Waals surface area (Å²) in [5.41, 5.74) is 0.533. The number of piperazine rings is 1. The number of hydrogen-bond acceptors (Lipinski definition) is 3. The van der Waals surface area contributed by atoms with E-state index in [2.05, 4.69) is 5.32 Å². The lowest BCUT2D eigenvalue weighted by Crippen LogP contribution is -2.66. The number of rotatable bonds is 2. The Morgan fingerprint density at radius 1 is 1.37 bits per heavy atom. The molecule has 1 N–H and O–H groups in total. The molecule has 2 rings (SSSR count). The lowest BCUT2D eigenvalue weighted by Gasteiger charge is -2.42. The fraction of sp³-hybridized carbons (Fsp3) is 0.571. The summed E-state index contributed by atoms with van der Waals surface area (Å²) in [6, 6.07) is 1.02. The highest BCUT2D eigenvalue weighted by Gasteiger charge is 2.45. The molecule has 1 aliphatic rings. The molecule has 1 saturated heterocycles. The zero-order valence-corrected chi connectivity index (χ0v) is 12.6. The summed E-state index contributed by atoms with van der Waals surface area (Å²) >= 11 is 1.53.